The maximum absolute atomic E-state index is 13.5. The summed E-state index contributed by atoms with van der Waals surface area (Å²) in [6.45, 7) is 3.00. The average Bonchev–Trinajstić information content (AvgIpc) is 2.99. The van der Waals surface area contributed by atoms with Gasteiger partial charge >= 0.3 is 12.1 Å². The van der Waals surface area contributed by atoms with Gasteiger partial charge in [-0.3, -0.25) is 14.4 Å². The van der Waals surface area contributed by atoms with Crippen LogP contribution >= 0.6 is 11.8 Å². The molecule has 1 aromatic heterocycles. The molecule has 220 valence electrons. The number of ether oxygens (including phenoxy) is 2. The molecule has 0 spiro atoms. The number of carboxylic acid groups (broad SMARTS) is 1. The summed E-state index contributed by atoms with van der Waals surface area (Å²) in [6, 6.07) is 9.56. The van der Waals surface area contributed by atoms with E-state index in [1.54, 1.807) is 6.92 Å². The molecule has 2 aliphatic heterocycles. The van der Waals surface area contributed by atoms with Crippen molar-refractivity contribution in [3.8, 4) is 17.3 Å². The molecule has 3 heterocycles. The molecule has 0 bridgehead atoms. The smallest absolute Gasteiger partial charge is 0.409 e. The summed E-state index contributed by atoms with van der Waals surface area (Å²) in [5.74, 6) is 0.399. The molecule has 0 aliphatic carbocycles. The van der Waals surface area contributed by atoms with Crippen LogP contribution in [-0.2, 0) is 14.3 Å². The number of carboxylic acids is 1. The number of rotatable bonds is 10. The molecular weight excluding hydrogens is 550 g/mol. The Hall–Kier alpha value is -3.87. The zero-order valence-corrected chi connectivity index (χ0v) is 23.8. The van der Waals surface area contributed by atoms with E-state index in [-0.39, 0.29) is 63.3 Å². The maximum Gasteiger partial charge on any atom is 0.409 e. The molecule has 2 fully saturated rings. The Bertz CT molecular complexity index is 1220. The summed E-state index contributed by atoms with van der Waals surface area (Å²) >= 11 is 1.87. The number of aliphatic carboxylic acids is 1. The molecule has 2 aliphatic rings. The molecular formula is C28H35N5O7S. The normalized spacial score (nSPS) is 16.5. The number of nitrogens with one attached hydrogen (secondary N) is 1. The van der Waals surface area contributed by atoms with Crippen molar-refractivity contribution in [1.29, 1.82) is 0 Å². The third-order valence-corrected chi connectivity index (χ3v) is 7.84. The number of carbonyl (C=O) groups excluding carboxylic acids is 3. The first-order chi connectivity index (χ1) is 19.8. The Morgan fingerprint density at radius 1 is 1.05 bits per heavy atom. The summed E-state index contributed by atoms with van der Waals surface area (Å²) in [7, 11) is 0. The maximum atomic E-state index is 13.5. The number of nitrogens with zero attached hydrogens (tertiary/aromatic N) is 4. The topological polar surface area (TPSA) is 151 Å². The Morgan fingerprint density at radius 2 is 1.73 bits per heavy atom. The van der Waals surface area contributed by atoms with Gasteiger partial charge in [0.15, 0.2) is 5.82 Å². The second-order valence-corrected chi connectivity index (χ2v) is 10.9. The van der Waals surface area contributed by atoms with Gasteiger partial charge in [-0.05, 0) is 37.7 Å². The van der Waals surface area contributed by atoms with Crippen LogP contribution in [0.3, 0.4) is 0 Å². The van der Waals surface area contributed by atoms with Gasteiger partial charge in [-0.1, -0.05) is 30.3 Å². The van der Waals surface area contributed by atoms with Gasteiger partial charge in [-0.25, -0.2) is 9.78 Å². The quantitative estimate of drug-likeness (QED) is 0.426. The standard InChI is InChI=1S/C28H35N5O7S/c1-2-39-28(38)33-14-12-32(13-15-33)27(37)21(8-9-24(34)35)30-26(36)22-18-23(40-20-10-16-41-17-11-20)31-25(29-22)19-6-4-3-5-7-19/h3-7,18,20-21H,2,8-17H2,1H3,(H,30,36)(H,34,35). The third-order valence-electron chi connectivity index (χ3n) is 6.79. The van der Waals surface area contributed by atoms with E-state index in [0.717, 1.165) is 24.3 Å². The van der Waals surface area contributed by atoms with E-state index in [0.29, 0.717) is 11.4 Å². The summed E-state index contributed by atoms with van der Waals surface area (Å²) in [5.41, 5.74) is 0.712. The Morgan fingerprint density at radius 3 is 2.39 bits per heavy atom. The minimum absolute atomic E-state index is 0.0132. The van der Waals surface area contributed by atoms with Gasteiger partial charge in [0.25, 0.3) is 5.91 Å². The number of hydrogen-bond acceptors (Lipinski definition) is 9. The molecule has 12 nitrogen and oxygen atoms in total. The molecule has 2 saturated heterocycles. The van der Waals surface area contributed by atoms with Crippen LogP contribution in [0.4, 0.5) is 4.79 Å². The lowest BCUT2D eigenvalue weighted by Crippen LogP contribution is -2.56. The fourth-order valence-electron chi connectivity index (χ4n) is 4.58. The molecule has 2 N–H and O–H groups in total. The van der Waals surface area contributed by atoms with Crippen molar-refractivity contribution >= 4 is 35.6 Å². The van der Waals surface area contributed by atoms with E-state index in [9.17, 15) is 24.3 Å². The zero-order chi connectivity index (χ0) is 29.2. The summed E-state index contributed by atoms with van der Waals surface area (Å²) in [4.78, 5) is 62.3. The Labute approximate surface area is 242 Å². The molecule has 1 unspecified atom stereocenters. The van der Waals surface area contributed by atoms with Gasteiger partial charge in [0, 0.05) is 44.2 Å². The molecule has 41 heavy (non-hydrogen) atoms. The lowest BCUT2D eigenvalue weighted by Gasteiger charge is -2.35. The highest BCUT2D eigenvalue weighted by Crippen LogP contribution is 2.24. The Balaban J connectivity index is 1.52. The molecule has 4 rings (SSSR count). The van der Waals surface area contributed by atoms with Crippen molar-refractivity contribution in [3.05, 3.63) is 42.1 Å². The van der Waals surface area contributed by atoms with Crippen LogP contribution in [0.2, 0.25) is 0 Å². The number of carbonyl (C=O) groups is 4. The first-order valence-electron chi connectivity index (χ1n) is 13.8. The lowest BCUT2D eigenvalue weighted by molar-refractivity contribution is -0.138. The van der Waals surface area contributed by atoms with Crippen LogP contribution in [0.1, 0.15) is 43.1 Å². The zero-order valence-electron chi connectivity index (χ0n) is 23.0. The minimum Gasteiger partial charge on any atom is -0.481 e. The number of benzene rings is 1. The number of hydrogen-bond donors (Lipinski definition) is 2. The fourth-order valence-corrected chi connectivity index (χ4v) is 5.65. The molecule has 0 radical (unpaired) electrons. The van der Waals surface area contributed by atoms with Crippen LogP contribution in [0.25, 0.3) is 11.4 Å². The summed E-state index contributed by atoms with van der Waals surface area (Å²) in [6.07, 6.45) is 0.852. The highest BCUT2D eigenvalue weighted by molar-refractivity contribution is 7.99. The van der Waals surface area contributed by atoms with Crippen molar-refractivity contribution in [2.45, 2.75) is 44.8 Å². The highest BCUT2D eigenvalue weighted by atomic mass is 32.2. The van der Waals surface area contributed by atoms with Gasteiger partial charge in [0.2, 0.25) is 11.8 Å². The van der Waals surface area contributed by atoms with Gasteiger partial charge < -0.3 is 29.7 Å². The number of aromatic nitrogens is 2. The van der Waals surface area contributed by atoms with Crippen molar-refractivity contribution in [2.75, 3.05) is 44.3 Å². The van der Waals surface area contributed by atoms with E-state index in [2.05, 4.69) is 15.3 Å². The van der Waals surface area contributed by atoms with Crippen molar-refractivity contribution in [3.63, 3.8) is 0 Å². The lowest BCUT2D eigenvalue weighted by atomic mass is 10.1. The number of amides is 3. The van der Waals surface area contributed by atoms with Gasteiger partial charge in [0.05, 0.1) is 6.61 Å². The molecule has 3 amide bonds. The van der Waals surface area contributed by atoms with Crippen molar-refractivity contribution < 1.29 is 33.8 Å². The first kappa shape index (κ1) is 30.1. The van der Waals surface area contributed by atoms with E-state index < -0.39 is 29.9 Å². The SMILES string of the molecule is CCOC(=O)N1CCN(C(=O)C(CCC(=O)O)NC(=O)c2cc(OC3CCSCC3)nc(-c3ccccc3)n2)CC1. The van der Waals surface area contributed by atoms with E-state index in [1.807, 2.05) is 42.1 Å². The van der Waals surface area contributed by atoms with Gasteiger partial charge in [-0.15, -0.1) is 0 Å². The number of thioether (sulfide) groups is 1. The molecule has 13 heteroatoms. The highest BCUT2D eigenvalue weighted by Gasteiger charge is 2.31. The van der Waals surface area contributed by atoms with Gasteiger partial charge in [0.1, 0.15) is 17.8 Å². The van der Waals surface area contributed by atoms with Crippen LogP contribution < -0.4 is 10.1 Å². The average molecular weight is 586 g/mol. The van der Waals surface area contributed by atoms with Crippen LogP contribution in [0.5, 0.6) is 5.88 Å². The number of piperazine rings is 1. The minimum atomic E-state index is -1.09. The third kappa shape index (κ3) is 8.56. The van der Waals surface area contributed by atoms with Crippen molar-refractivity contribution in [2.24, 2.45) is 0 Å². The molecule has 2 aromatic rings. The van der Waals surface area contributed by atoms with Crippen LogP contribution in [0, 0.1) is 0 Å². The first-order valence-corrected chi connectivity index (χ1v) is 14.9. The van der Waals surface area contributed by atoms with Crippen LogP contribution in [0.15, 0.2) is 36.4 Å². The van der Waals surface area contributed by atoms with E-state index in [4.69, 9.17) is 9.47 Å². The molecule has 1 aromatic carbocycles. The Kier molecular flexibility index (Phi) is 10.8. The molecule has 0 saturated carbocycles. The fraction of sp³-hybridized carbons (Fsp3) is 0.500. The largest absolute Gasteiger partial charge is 0.481 e. The van der Waals surface area contributed by atoms with E-state index in [1.165, 1.54) is 15.9 Å². The van der Waals surface area contributed by atoms with Crippen LogP contribution in [-0.4, -0.2) is 105 Å². The summed E-state index contributed by atoms with van der Waals surface area (Å²) < 4.78 is 11.2. The van der Waals surface area contributed by atoms with Crippen molar-refractivity contribution in [1.82, 2.24) is 25.1 Å². The monoisotopic (exact) mass is 585 g/mol. The van der Waals surface area contributed by atoms with Gasteiger partial charge in [-0.2, -0.15) is 16.7 Å². The predicted molar refractivity (Wildman–Crippen MR) is 152 cm³/mol. The van der Waals surface area contributed by atoms with E-state index >= 15 is 0 Å². The predicted octanol–water partition coefficient (Wildman–Crippen LogP) is 2.68. The second-order valence-electron chi connectivity index (χ2n) is 9.68. The molecule has 1 atom stereocenters. The second kappa shape index (κ2) is 14.7. The summed E-state index contributed by atoms with van der Waals surface area (Å²) in [5, 5.41) is 12.0.